The molecule has 10 heteroatoms. The maximum Gasteiger partial charge on any atom is 0.146 e. The molecule has 34 heavy (non-hydrogen) atoms. The van der Waals surface area contributed by atoms with Crippen LogP contribution < -0.4 is 15.8 Å². The molecular formula is C24H28Cl2N6O2. The molecule has 6 atom stereocenters. The Morgan fingerprint density at radius 1 is 1.21 bits per heavy atom. The summed E-state index contributed by atoms with van der Waals surface area (Å²) in [5, 5.41) is 20.7. The number of aromatic nitrogens is 2. The number of hydrogen-bond acceptors (Lipinski definition) is 8. The molecule has 5 rings (SSSR count). The van der Waals surface area contributed by atoms with Crippen molar-refractivity contribution in [1.29, 1.82) is 5.26 Å². The average Bonchev–Trinajstić information content (AvgIpc) is 3.44. The number of β-amino-alcohol motifs (C(OH)–C–C–N with tert-alkyl or cyclic N) is 1. The van der Waals surface area contributed by atoms with Crippen molar-refractivity contribution in [1.82, 2.24) is 20.8 Å². The van der Waals surface area contributed by atoms with E-state index in [4.69, 9.17) is 27.9 Å². The van der Waals surface area contributed by atoms with Gasteiger partial charge in [0.15, 0.2) is 0 Å². The van der Waals surface area contributed by atoms with Crippen LogP contribution in [-0.2, 0) is 4.74 Å². The second kappa shape index (κ2) is 9.94. The van der Waals surface area contributed by atoms with Crippen LogP contribution in [0.4, 0.5) is 5.82 Å². The quantitative estimate of drug-likeness (QED) is 0.568. The van der Waals surface area contributed by atoms with Crippen LogP contribution in [0.2, 0.25) is 10.0 Å². The van der Waals surface area contributed by atoms with Gasteiger partial charge in [-0.15, -0.1) is 0 Å². The van der Waals surface area contributed by atoms with Crippen molar-refractivity contribution < 1.29 is 9.84 Å². The molecule has 3 N–H and O–H groups in total. The topological polar surface area (TPSA) is 106 Å². The summed E-state index contributed by atoms with van der Waals surface area (Å²) in [6.07, 6.45) is 7.96. The Balaban J connectivity index is 1.31. The summed E-state index contributed by atoms with van der Waals surface area (Å²) < 4.78 is 6.42. The molecule has 4 heterocycles. The molecule has 2 saturated heterocycles. The van der Waals surface area contributed by atoms with E-state index in [0.717, 1.165) is 30.4 Å². The number of anilines is 1. The Kier molecular flexibility index (Phi) is 6.94. The normalized spacial score (nSPS) is 29.6. The smallest absolute Gasteiger partial charge is 0.146 e. The van der Waals surface area contributed by atoms with E-state index in [2.05, 4.69) is 26.9 Å². The number of hydrogen-bond donors (Lipinski definition) is 3. The predicted molar refractivity (Wildman–Crippen MR) is 129 cm³/mol. The second-order valence-corrected chi connectivity index (χ2v) is 10.2. The number of fused-ring (bicyclic) bond motifs is 1. The fourth-order valence-electron chi connectivity index (χ4n) is 5.55. The number of rotatable bonds is 5. The Morgan fingerprint density at radius 2 is 2.00 bits per heavy atom. The summed E-state index contributed by atoms with van der Waals surface area (Å²) in [6.45, 7) is 3.19. The molecule has 1 saturated carbocycles. The number of aliphatic hydroxyl groups excluding tert-OH is 1. The Hall–Kier alpha value is -1.99. The summed E-state index contributed by atoms with van der Waals surface area (Å²) >= 11 is 12.7. The van der Waals surface area contributed by atoms with Gasteiger partial charge in [-0.2, -0.15) is 5.26 Å². The minimum absolute atomic E-state index is 0.0256. The van der Waals surface area contributed by atoms with Crippen molar-refractivity contribution in [2.24, 2.45) is 5.92 Å². The lowest BCUT2D eigenvalue weighted by Crippen LogP contribution is -2.37. The van der Waals surface area contributed by atoms with E-state index in [1.165, 1.54) is 0 Å². The summed E-state index contributed by atoms with van der Waals surface area (Å²) in [5.41, 5.74) is 9.15. The maximum atomic E-state index is 9.87. The van der Waals surface area contributed by atoms with E-state index in [0.29, 0.717) is 52.9 Å². The van der Waals surface area contributed by atoms with Crippen LogP contribution in [0.15, 0.2) is 24.7 Å². The van der Waals surface area contributed by atoms with Crippen LogP contribution in [0.25, 0.3) is 0 Å². The van der Waals surface area contributed by atoms with Gasteiger partial charge in [0.25, 0.3) is 0 Å². The largest absolute Gasteiger partial charge is 0.391 e. The van der Waals surface area contributed by atoms with Crippen molar-refractivity contribution in [3.8, 4) is 6.07 Å². The molecule has 180 valence electrons. The number of pyridine rings is 2. The Morgan fingerprint density at radius 3 is 2.71 bits per heavy atom. The first-order valence-electron chi connectivity index (χ1n) is 11.7. The van der Waals surface area contributed by atoms with Gasteiger partial charge < -0.3 is 14.7 Å². The van der Waals surface area contributed by atoms with Crippen LogP contribution in [0.1, 0.15) is 61.4 Å². The molecule has 3 fully saturated rings. The third-order valence-corrected chi connectivity index (χ3v) is 7.83. The summed E-state index contributed by atoms with van der Waals surface area (Å²) in [6, 6.07) is 4.58. The molecule has 0 amide bonds. The summed E-state index contributed by atoms with van der Waals surface area (Å²) in [4.78, 5) is 10.6. The molecule has 2 aliphatic heterocycles. The number of nitrogens with zero attached hydrogens (tertiary/aromatic N) is 4. The molecule has 0 bridgehead atoms. The maximum absolute atomic E-state index is 9.87. The van der Waals surface area contributed by atoms with Crippen LogP contribution in [-0.4, -0.2) is 46.4 Å². The molecular weight excluding hydrogens is 475 g/mol. The van der Waals surface area contributed by atoms with Crippen LogP contribution in [0.5, 0.6) is 0 Å². The third kappa shape index (κ3) is 4.61. The fraction of sp³-hybridized carbons (Fsp3) is 0.542. The van der Waals surface area contributed by atoms with Crippen molar-refractivity contribution in [2.75, 3.05) is 18.0 Å². The molecule has 0 spiro atoms. The lowest BCUT2D eigenvalue weighted by molar-refractivity contribution is -0.0370. The first kappa shape index (κ1) is 23.7. The first-order chi connectivity index (χ1) is 16.4. The number of halogens is 2. The second-order valence-electron chi connectivity index (χ2n) is 9.41. The van der Waals surface area contributed by atoms with Crippen molar-refractivity contribution >= 4 is 29.0 Å². The van der Waals surface area contributed by atoms with Gasteiger partial charge in [0.2, 0.25) is 0 Å². The van der Waals surface area contributed by atoms with Crippen LogP contribution >= 0.6 is 23.2 Å². The number of aliphatic hydroxyl groups is 1. The summed E-state index contributed by atoms with van der Waals surface area (Å²) in [7, 11) is 0. The third-order valence-electron chi connectivity index (χ3n) is 7.23. The number of nitriles is 1. The van der Waals surface area contributed by atoms with Crippen molar-refractivity contribution in [3.05, 3.63) is 51.4 Å². The molecule has 2 aromatic rings. The molecule has 0 radical (unpaired) electrons. The van der Waals surface area contributed by atoms with Crippen molar-refractivity contribution in [3.63, 3.8) is 0 Å². The van der Waals surface area contributed by atoms with Gasteiger partial charge >= 0.3 is 0 Å². The van der Waals surface area contributed by atoms with Gasteiger partial charge in [0.05, 0.1) is 40.0 Å². The standard InChI is InChI=1S/C24H28Cl2N6O2/c1-13(22-19(25)10-28-11-20(22)26)34-17-2-3-21-18(7-17)23(31-30-21)15-6-14(8-27)24(29-9-15)32-5-4-16(33)12-32/h6,9-11,13,16-18,21,23,30-31,33H,2-5,7,12H2,1H3/t13-,16-,17?,18?,21?,23?/m1/s1. The predicted octanol–water partition coefficient (Wildman–Crippen LogP) is 3.69. The zero-order chi connectivity index (χ0) is 23.8. The molecule has 1 aliphatic carbocycles. The monoisotopic (exact) mass is 502 g/mol. The molecule has 0 aromatic carbocycles. The van der Waals surface area contributed by atoms with E-state index >= 15 is 0 Å². The lowest BCUT2D eigenvalue weighted by atomic mass is 9.78. The van der Waals surface area contributed by atoms with Gasteiger partial charge in [0, 0.05) is 43.3 Å². The minimum atomic E-state index is -0.368. The van der Waals surface area contributed by atoms with Crippen LogP contribution in [0.3, 0.4) is 0 Å². The molecule has 8 nitrogen and oxygen atoms in total. The lowest BCUT2D eigenvalue weighted by Gasteiger charge is -2.35. The average molecular weight is 503 g/mol. The zero-order valence-corrected chi connectivity index (χ0v) is 20.4. The number of ether oxygens (including phenoxy) is 1. The first-order valence-corrected chi connectivity index (χ1v) is 12.5. The van der Waals surface area contributed by atoms with Crippen molar-refractivity contribution in [2.45, 2.75) is 63.0 Å². The molecule has 4 unspecified atom stereocenters. The highest BCUT2D eigenvalue weighted by atomic mass is 35.5. The minimum Gasteiger partial charge on any atom is -0.391 e. The van der Waals surface area contributed by atoms with E-state index in [9.17, 15) is 10.4 Å². The fourth-order valence-corrected chi connectivity index (χ4v) is 6.22. The SMILES string of the molecule is C[C@@H](OC1CCC2NNC(c3cnc(N4CC[C@@H](O)C4)c(C#N)c3)C2C1)c1c(Cl)cncc1Cl. The Labute approximate surface area is 209 Å². The number of hydrazine groups is 1. The van der Waals surface area contributed by atoms with E-state index in [-0.39, 0.29) is 24.4 Å². The highest BCUT2D eigenvalue weighted by Crippen LogP contribution is 2.41. The summed E-state index contributed by atoms with van der Waals surface area (Å²) in [5.74, 6) is 0.942. The zero-order valence-electron chi connectivity index (χ0n) is 18.9. The van der Waals surface area contributed by atoms with Gasteiger partial charge in [-0.3, -0.25) is 10.4 Å². The van der Waals surface area contributed by atoms with E-state index in [1.54, 1.807) is 12.4 Å². The highest BCUT2D eigenvalue weighted by Gasteiger charge is 2.42. The van der Waals surface area contributed by atoms with E-state index in [1.807, 2.05) is 24.1 Å². The Bertz CT molecular complexity index is 1080. The van der Waals surface area contributed by atoms with Gasteiger partial charge in [-0.05, 0) is 50.2 Å². The molecule has 3 aliphatic rings. The molecule has 2 aromatic heterocycles. The highest BCUT2D eigenvalue weighted by molar-refractivity contribution is 6.35. The van der Waals surface area contributed by atoms with Gasteiger partial charge in [0.1, 0.15) is 11.9 Å². The van der Waals surface area contributed by atoms with Crippen LogP contribution in [0, 0.1) is 17.2 Å². The number of nitrogens with one attached hydrogen (secondary N) is 2. The van der Waals surface area contributed by atoms with Gasteiger partial charge in [-0.25, -0.2) is 10.4 Å². The van der Waals surface area contributed by atoms with E-state index < -0.39 is 0 Å². The van der Waals surface area contributed by atoms with Gasteiger partial charge in [-0.1, -0.05) is 23.2 Å².